The lowest BCUT2D eigenvalue weighted by Gasteiger charge is -2.10. The largest absolute Gasteiger partial charge is 0.380 e. The molecule has 0 radical (unpaired) electrons. The topological polar surface area (TPSA) is 50.4 Å². The van der Waals surface area contributed by atoms with Crippen LogP contribution in [0.15, 0.2) is 24.3 Å². The summed E-state index contributed by atoms with van der Waals surface area (Å²) in [4.78, 5) is 11.6. The van der Waals surface area contributed by atoms with Crippen LogP contribution in [-0.2, 0) is 9.53 Å². The standard InChI is InChI=1S/C13H18N2O2/c1-10-2-4-11(5-3-10)15-13(16)8-14-12-6-7-17-9-12/h2-5,12,14H,6-9H2,1H3,(H,15,16). The molecule has 0 saturated carbocycles. The van der Waals surface area contributed by atoms with E-state index in [1.54, 1.807) is 0 Å². The molecule has 1 aliphatic rings. The highest BCUT2D eigenvalue weighted by Gasteiger charge is 2.15. The molecule has 1 saturated heterocycles. The van der Waals surface area contributed by atoms with Gasteiger partial charge in [-0.15, -0.1) is 0 Å². The first-order chi connectivity index (χ1) is 8.24. The van der Waals surface area contributed by atoms with E-state index < -0.39 is 0 Å². The molecule has 1 fully saturated rings. The van der Waals surface area contributed by atoms with Gasteiger partial charge < -0.3 is 15.4 Å². The summed E-state index contributed by atoms with van der Waals surface area (Å²) in [5.41, 5.74) is 2.02. The fourth-order valence-electron chi connectivity index (χ4n) is 1.77. The number of aryl methyl sites for hydroxylation is 1. The summed E-state index contributed by atoms with van der Waals surface area (Å²) < 4.78 is 5.23. The Morgan fingerprint density at radius 3 is 2.82 bits per heavy atom. The summed E-state index contributed by atoms with van der Waals surface area (Å²) in [6, 6.07) is 8.10. The first kappa shape index (κ1) is 12.1. The van der Waals surface area contributed by atoms with Crippen molar-refractivity contribution in [2.24, 2.45) is 0 Å². The molecule has 1 unspecified atom stereocenters. The zero-order valence-electron chi connectivity index (χ0n) is 10.0. The highest BCUT2D eigenvalue weighted by molar-refractivity contribution is 5.92. The zero-order chi connectivity index (χ0) is 12.1. The van der Waals surface area contributed by atoms with Gasteiger partial charge in [0, 0.05) is 18.3 Å². The van der Waals surface area contributed by atoms with Gasteiger partial charge in [-0.2, -0.15) is 0 Å². The van der Waals surface area contributed by atoms with E-state index in [0.29, 0.717) is 19.2 Å². The molecule has 1 aromatic carbocycles. The van der Waals surface area contributed by atoms with Gasteiger partial charge in [0.2, 0.25) is 5.91 Å². The van der Waals surface area contributed by atoms with Crippen molar-refractivity contribution in [1.29, 1.82) is 0 Å². The van der Waals surface area contributed by atoms with E-state index in [-0.39, 0.29) is 5.91 Å². The fourth-order valence-corrected chi connectivity index (χ4v) is 1.77. The van der Waals surface area contributed by atoms with E-state index in [0.717, 1.165) is 18.7 Å². The number of hydrogen-bond acceptors (Lipinski definition) is 3. The molecule has 1 amide bonds. The lowest BCUT2D eigenvalue weighted by atomic mass is 10.2. The van der Waals surface area contributed by atoms with Crippen LogP contribution in [0.3, 0.4) is 0 Å². The molecule has 2 N–H and O–H groups in total. The first-order valence-electron chi connectivity index (χ1n) is 5.92. The fraction of sp³-hybridized carbons (Fsp3) is 0.462. The zero-order valence-corrected chi connectivity index (χ0v) is 10.0. The van der Waals surface area contributed by atoms with Crippen molar-refractivity contribution in [1.82, 2.24) is 5.32 Å². The highest BCUT2D eigenvalue weighted by atomic mass is 16.5. The number of carbonyl (C=O) groups excluding carboxylic acids is 1. The van der Waals surface area contributed by atoms with Gasteiger partial charge in [-0.3, -0.25) is 4.79 Å². The Bertz CT molecular complexity index is 370. The van der Waals surface area contributed by atoms with Crippen LogP contribution >= 0.6 is 0 Å². The molecule has 1 heterocycles. The number of rotatable bonds is 4. The summed E-state index contributed by atoms with van der Waals surface area (Å²) in [7, 11) is 0. The number of nitrogens with one attached hydrogen (secondary N) is 2. The van der Waals surface area contributed by atoms with E-state index in [9.17, 15) is 4.79 Å². The van der Waals surface area contributed by atoms with Gasteiger partial charge in [-0.05, 0) is 25.5 Å². The third kappa shape index (κ3) is 3.84. The molecule has 0 aliphatic carbocycles. The monoisotopic (exact) mass is 234 g/mol. The van der Waals surface area contributed by atoms with Gasteiger partial charge in [0.05, 0.1) is 13.2 Å². The van der Waals surface area contributed by atoms with E-state index in [1.165, 1.54) is 5.56 Å². The molecule has 1 atom stereocenters. The van der Waals surface area contributed by atoms with Crippen molar-refractivity contribution in [3.05, 3.63) is 29.8 Å². The molecule has 92 valence electrons. The number of ether oxygens (including phenoxy) is 1. The van der Waals surface area contributed by atoms with Crippen LogP contribution in [0, 0.1) is 6.92 Å². The van der Waals surface area contributed by atoms with Crippen molar-refractivity contribution < 1.29 is 9.53 Å². The van der Waals surface area contributed by atoms with Crippen LogP contribution in [0.2, 0.25) is 0 Å². The maximum Gasteiger partial charge on any atom is 0.238 e. The summed E-state index contributed by atoms with van der Waals surface area (Å²) >= 11 is 0. The quantitative estimate of drug-likeness (QED) is 0.826. The Hall–Kier alpha value is -1.39. The second-order valence-electron chi connectivity index (χ2n) is 4.36. The second-order valence-corrected chi connectivity index (χ2v) is 4.36. The van der Waals surface area contributed by atoms with Crippen LogP contribution in [0.25, 0.3) is 0 Å². The number of benzene rings is 1. The number of amides is 1. The molecule has 4 nitrogen and oxygen atoms in total. The first-order valence-corrected chi connectivity index (χ1v) is 5.92. The Kier molecular flexibility index (Phi) is 4.12. The van der Waals surface area contributed by atoms with Gasteiger partial charge in [0.1, 0.15) is 0 Å². The molecule has 1 aliphatic heterocycles. The van der Waals surface area contributed by atoms with Crippen molar-refractivity contribution in [3.63, 3.8) is 0 Å². The van der Waals surface area contributed by atoms with E-state index in [2.05, 4.69) is 10.6 Å². The number of hydrogen-bond donors (Lipinski definition) is 2. The Morgan fingerprint density at radius 2 is 2.18 bits per heavy atom. The van der Waals surface area contributed by atoms with Crippen molar-refractivity contribution in [2.45, 2.75) is 19.4 Å². The SMILES string of the molecule is Cc1ccc(NC(=O)CNC2CCOC2)cc1. The maximum atomic E-state index is 11.6. The molecular formula is C13H18N2O2. The van der Waals surface area contributed by atoms with Gasteiger partial charge in [-0.25, -0.2) is 0 Å². The lowest BCUT2D eigenvalue weighted by molar-refractivity contribution is -0.115. The normalized spacial score (nSPS) is 19.2. The Morgan fingerprint density at radius 1 is 1.41 bits per heavy atom. The highest BCUT2D eigenvalue weighted by Crippen LogP contribution is 2.08. The summed E-state index contributed by atoms with van der Waals surface area (Å²) in [5.74, 6) is -0.0132. The molecule has 1 aromatic rings. The third-order valence-corrected chi connectivity index (χ3v) is 2.82. The van der Waals surface area contributed by atoms with Crippen LogP contribution in [0.4, 0.5) is 5.69 Å². The van der Waals surface area contributed by atoms with E-state index >= 15 is 0 Å². The van der Waals surface area contributed by atoms with Crippen molar-refractivity contribution in [3.8, 4) is 0 Å². The second kappa shape index (κ2) is 5.80. The molecule has 4 heteroatoms. The number of anilines is 1. The minimum atomic E-state index is -0.0132. The van der Waals surface area contributed by atoms with E-state index in [1.807, 2.05) is 31.2 Å². The van der Waals surface area contributed by atoms with Crippen LogP contribution in [-0.4, -0.2) is 31.7 Å². The van der Waals surface area contributed by atoms with Crippen LogP contribution in [0.5, 0.6) is 0 Å². The van der Waals surface area contributed by atoms with Crippen LogP contribution in [0.1, 0.15) is 12.0 Å². The molecule has 17 heavy (non-hydrogen) atoms. The smallest absolute Gasteiger partial charge is 0.238 e. The lowest BCUT2D eigenvalue weighted by Crippen LogP contribution is -2.36. The van der Waals surface area contributed by atoms with Gasteiger partial charge in [-0.1, -0.05) is 17.7 Å². The molecule has 0 bridgehead atoms. The molecule has 0 aromatic heterocycles. The van der Waals surface area contributed by atoms with Crippen molar-refractivity contribution in [2.75, 3.05) is 25.1 Å². The van der Waals surface area contributed by atoms with Crippen molar-refractivity contribution >= 4 is 11.6 Å². The van der Waals surface area contributed by atoms with Gasteiger partial charge >= 0.3 is 0 Å². The predicted octanol–water partition coefficient (Wildman–Crippen LogP) is 1.31. The average Bonchev–Trinajstić information content (AvgIpc) is 2.83. The average molecular weight is 234 g/mol. The molecule has 0 spiro atoms. The Balaban J connectivity index is 1.74. The maximum absolute atomic E-state index is 11.6. The van der Waals surface area contributed by atoms with Crippen LogP contribution < -0.4 is 10.6 Å². The summed E-state index contributed by atoms with van der Waals surface area (Å²) in [5, 5.41) is 6.03. The van der Waals surface area contributed by atoms with E-state index in [4.69, 9.17) is 4.74 Å². The molecular weight excluding hydrogens is 216 g/mol. The number of carbonyl (C=O) groups is 1. The third-order valence-electron chi connectivity index (χ3n) is 2.82. The Labute approximate surface area is 101 Å². The van der Waals surface area contributed by atoms with Gasteiger partial charge in [0.25, 0.3) is 0 Å². The minimum absolute atomic E-state index is 0.0132. The summed E-state index contributed by atoms with van der Waals surface area (Å²) in [6.07, 6.45) is 0.984. The predicted molar refractivity (Wildman–Crippen MR) is 67.0 cm³/mol. The molecule has 2 rings (SSSR count). The van der Waals surface area contributed by atoms with Gasteiger partial charge in [0.15, 0.2) is 0 Å². The summed E-state index contributed by atoms with van der Waals surface area (Å²) in [6.45, 7) is 3.85. The minimum Gasteiger partial charge on any atom is -0.380 e.